The number of hydrogen-bond acceptors (Lipinski definition) is 5. The fourth-order valence-corrected chi connectivity index (χ4v) is 3.69. The summed E-state index contributed by atoms with van der Waals surface area (Å²) in [6.07, 6.45) is 1.93. The maximum atomic E-state index is 12.0. The Balaban J connectivity index is 1.57. The van der Waals surface area contributed by atoms with Crippen LogP contribution in [-0.4, -0.2) is 48.5 Å². The summed E-state index contributed by atoms with van der Waals surface area (Å²) in [5.41, 5.74) is 7.45. The van der Waals surface area contributed by atoms with Gasteiger partial charge in [0.05, 0.1) is 11.3 Å². The average Bonchev–Trinajstić information content (AvgIpc) is 2.80. The molecule has 1 aromatic heterocycles. The summed E-state index contributed by atoms with van der Waals surface area (Å²) in [5, 5.41) is 0. The average molecular weight is 415 g/mol. The predicted octanol–water partition coefficient (Wildman–Crippen LogP) is 3.95. The summed E-state index contributed by atoms with van der Waals surface area (Å²) >= 11 is 0. The van der Waals surface area contributed by atoms with Crippen molar-refractivity contribution in [3.63, 3.8) is 0 Å². The zero-order chi connectivity index (χ0) is 21.6. The third-order valence-corrected chi connectivity index (χ3v) is 5.34. The third-order valence-electron chi connectivity index (χ3n) is 5.34. The minimum atomic E-state index is -0.491. The van der Waals surface area contributed by atoms with Crippen LogP contribution in [-0.2, 0) is 0 Å². The Morgan fingerprint density at radius 3 is 2.29 bits per heavy atom. The molecule has 1 amide bonds. The van der Waals surface area contributed by atoms with Crippen LogP contribution in [0.2, 0.25) is 0 Å². The van der Waals surface area contributed by atoms with E-state index in [1.807, 2.05) is 66.7 Å². The Hall–Kier alpha value is -3.64. The maximum Gasteiger partial charge on any atom is 0.250 e. The number of carbonyl (C=O) groups is 1. The van der Waals surface area contributed by atoms with Crippen LogP contribution in [0.3, 0.4) is 0 Å². The highest BCUT2D eigenvalue weighted by molar-refractivity contribution is 5.99. The highest BCUT2D eigenvalue weighted by Gasteiger charge is 2.20. The second-order valence-corrected chi connectivity index (χ2v) is 7.45. The van der Waals surface area contributed by atoms with Gasteiger partial charge in [-0.1, -0.05) is 24.3 Å². The van der Waals surface area contributed by atoms with Gasteiger partial charge < -0.3 is 15.4 Å². The fourth-order valence-electron chi connectivity index (χ4n) is 3.69. The maximum absolute atomic E-state index is 12.0. The second kappa shape index (κ2) is 9.45. The van der Waals surface area contributed by atoms with E-state index in [4.69, 9.17) is 15.5 Å². The van der Waals surface area contributed by atoms with Gasteiger partial charge in [-0.2, -0.15) is 0 Å². The first kappa shape index (κ1) is 20.6. The molecule has 3 aromatic rings. The molecule has 1 saturated heterocycles. The van der Waals surface area contributed by atoms with Crippen molar-refractivity contribution in [3.8, 4) is 22.8 Å². The van der Waals surface area contributed by atoms with Crippen LogP contribution in [0.15, 0.2) is 79.4 Å². The predicted molar refractivity (Wildman–Crippen MR) is 124 cm³/mol. The topological polar surface area (TPSA) is 71.7 Å². The number of nitrogens with zero attached hydrogens (tertiary/aromatic N) is 3. The van der Waals surface area contributed by atoms with E-state index >= 15 is 0 Å². The van der Waals surface area contributed by atoms with Crippen molar-refractivity contribution in [2.24, 2.45) is 5.73 Å². The SMILES string of the molecule is C=CCN1CCN(c2ccc(C(N)=O)c(-c3ccc(Oc4ccccc4)cc3)n2)CC1. The summed E-state index contributed by atoms with van der Waals surface area (Å²) in [6.45, 7) is 8.36. The van der Waals surface area contributed by atoms with Crippen molar-refractivity contribution in [3.05, 3.63) is 84.9 Å². The van der Waals surface area contributed by atoms with Crippen LogP contribution in [0, 0.1) is 0 Å². The van der Waals surface area contributed by atoms with Crippen molar-refractivity contribution in [1.82, 2.24) is 9.88 Å². The number of pyridine rings is 1. The van der Waals surface area contributed by atoms with E-state index in [1.165, 1.54) is 0 Å². The molecule has 6 heteroatoms. The molecule has 0 saturated carbocycles. The lowest BCUT2D eigenvalue weighted by atomic mass is 10.0. The summed E-state index contributed by atoms with van der Waals surface area (Å²) < 4.78 is 5.86. The second-order valence-electron chi connectivity index (χ2n) is 7.45. The fraction of sp³-hybridized carbons (Fsp3) is 0.200. The van der Waals surface area contributed by atoms with Gasteiger partial charge in [-0.3, -0.25) is 9.69 Å². The number of rotatable bonds is 7. The molecular weight excluding hydrogens is 388 g/mol. The van der Waals surface area contributed by atoms with E-state index < -0.39 is 5.91 Å². The summed E-state index contributed by atoms with van der Waals surface area (Å²) in [4.78, 5) is 21.4. The third kappa shape index (κ3) is 4.92. The van der Waals surface area contributed by atoms with Crippen LogP contribution < -0.4 is 15.4 Å². The van der Waals surface area contributed by atoms with Gasteiger partial charge in [-0.25, -0.2) is 4.98 Å². The van der Waals surface area contributed by atoms with Crippen molar-refractivity contribution < 1.29 is 9.53 Å². The first-order valence-electron chi connectivity index (χ1n) is 10.4. The van der Waals surface area contributed by atoms with Gasteiger partial charge in [0.2, 0.25) is 0 Å². The molecule has 1 fully saturated rings. The monoisotopic (exact) mass is 414 g/mol. The Morgan fingerprint density at radius 1 is 0.968 bits per heavy atom. The van der Waals surface area contributed by atoms with Gasteiger partial charge >= 0.3 is 0 Å². The number of carbonyl (C=O) groups excluding carboxylic acids is 1. The number of anilines is 1. The molecule has 1 aliphatic heterocycles. The zero-order valence-electron chi connectivity index (χ0n) is 17.4. The van der Waals surface area contributed by atoms with Crippen molar-refractivity contribution in [2.45, 2.75) is 0 Å². The molecular formula is C25H26N4O2. The highest BCUT2D eigenvalue weighted by atomic mass is 16.5. The summed E-state index contributed by atoms with van der Waals surface area (Å²) in [5.74, 6) is 1.84. The number of para-hydroxylation sites is 1. The molecule has 0 bridgehead atoms. The molecule has 0 atom stereocenters. The smallest absolute Gasteiger partial charge is 0.250 e. The first-order valence-corrected chi connectivity index (χ1v) is 10.4. The zero-order valence-corrected chi connectivity index (χ0v) is 17.4. The molecule has 0 spiro atoms. The first-order chi connectivity index (χ1) is 15.1. The van der Waals surface area contributed by atoms with Gasteiger partial charge in [0, 0.05) is 38.3 Å². The molecule has 158 valence electrons. The number of amides is 1. The minimum absolute atomic E-state index is 0.408. The molecule has 2 N–H and O–H groups in total. The van der Waals surface area contributed by atoms with Crippen LogP contribution in [0.25, 0.3) is 11.3 Å². The van der Waals surface area contributed by atoms with Crippen LogP contribution in [0.4, 0.5) is 5.82 Å². The van der Waals surface area contributed by atoms with Gasteiger partial charge in [-0.05, 0) is 48.5 Å². The lowest BCUT2D eigenvalue weighted by Gasteiger charge is -2.35. The Labute approximate surface area is 182 Å². The lowest BCUT2D eigenvalue weighted by molar-refractivity contribution is 0.100. The van der Waals surface area contributed by atoms with Gasteiger partial charge in [-0.15, -0.1) is 6.58 Å². The summed E-state index contributed by atoms with van der Waals surface area (Å²) in [6, 6.07) is 20.8. The van der Waals surface area contributed by atoms with Crippen LogP contribution in [0.1, 0.15) is 10.4 Å². The van der Waals surface area contributed by atoms with Gasteiger partial charge in [0.25, 0.3) is 5.91 Å². The molecule has 0 aliphatic carbocycles. The Bertz CT molecular complexity index is 1040. The molecule has 6 nitrogen and oxygen atoms in total. The molecule has 0 unspecified atom stereocenters. The van der Waals surface area contributed by atoms with Crippen molar-refractivity contribution in [1.29, 1.82) is 0 Å². The highest BCUT2D eigenvalue weighted by Crippen LogP contribution is 2.29. The van der Waals surface area contributed by atoms with E-state index in [0.29, 0.717) is 17.0 Å². The molecule has 2 aromatic carbocycles. The van der Waals surface area contributed by atoms with Crippen LogP contribution in [0.5, 0.6) is 11.5 Å². The number of hydrogen-bond donors (Lipinski definition) is 1. The summed E-state index contributed by atoms with van der Waals surface area (Å²) in [7, 11) is 0. The number of aromatic nitrogens is 1. The minimum Gasteiger partial charge on any atom is -0.457 e. The standard InChI is InChI=1S/C25H26N4O2/c1-2-14-28-15-17-29(18-16-28)23-13-12-22(25(26)30)24(27-23)19-8-10-21(11-9-19)31-20-6-4-3-5-7-20/h2-13H,1,14-18H2,(H2,26,30). The number of ether oxygens (including phenoxy) is 1. The van der Waals surface area contributed by atoms with E-state index in [2.05, 4.69) is 16.4 Å². The van der Waals surface area contributed by atoms with E-state index in [9.17, 15) is 4.79 Å². The molecule has 2 heterocycles. The van der Waals surface area contributed by atoms with Gasteiger partial charge in [0.15, 0.2) is 0 Å². The number of piperazine rings is 1. The molecule has 0 radical (unpaired) electrons. The Morgan fingerprint density at radius 2 is 1.65 bits per heavy atom. The van der Waals surface area contributed by atoms with E-state index in [0.717, 1.165) is 49.9 Å². The number of nitrogens with two attached hydrogens (primary N) is 1. The Kier molecular flexibility index (Phi) is 6.29. The lowest BCUT2D eigenvalue weighted by Crippen LogP contribution is -2.46. The van der Waals surface area contributed by atoms with Crippen LogP contribution >= 0.6 is 0 Å². The van der Waals surface area contributed by atoms with Crippen molar-refractivity contribution in [2.75, 3.05) is 37.6 Å². The largest absolute Gasteiger partial charge is 0.457 e. The van der Waals surface area contributed by atoms with Crippen molar-refractivity contribution >= 4 is 11.7 Å². The quantitative estimate of drug-likeness (QED) is 0.593. The van der Waals surface area contributed by atoms with Gasteiger partial charge in [0.1, 0.15) is 17.3 Å². The molecule has 4 rings (SSSR count). The number of primary amides is 1. The van der Waals surface area contributed by atoms with E-state index in [1.54, 1.807) is 6.07 Å². The molecule has 1 aliphatic rings. The number of benzene rings is 2. The normalized spacial score (nSPS) is 14.3. The molecule has 31 heavy (non-hydrogen) atoms. The van der Waals surface area contributed by atoms with E-state index in [-0.39, 0.29) is 0 Å².